The van der Waals surface area contributed by atoms with Crippen molar-refractivity contribution < 1.29 is 0 Å². The lowest BCUT2D eigenvalue weighted by Gasteiger charge is -2.36. The Bertz CT molecular complexity index is 425. The Morgan fingerprint density at radius 2 is 1.95 bits per heavy atom. The van der Waals surface area contributed by atoms with E-state index in [0.717, 1.165) is 12.5 Å². The number of hydrogen-bond acceptors (Lipinski definition) is 2. The highest BCUT2D eigenvalue weighted by molar-refractivity contribution is 5.53. The molecule has 20 heavy (non-hydrogen) atoms. The number of rotatable bonds is 5. The summed E-state index contributed by atoms with van der Waals surface area (Å²) < 4.78 is 0. The smallest absolute Gasteiger partial charge is 0.0393 e. The fourth-order valence-corrected chi connectivity index (χ4v) is 3.64. The third kappa shape index (κ3) is 3.76. The van der Waals surface area contributed by atoms with Crippen LogP contribution in [-0.4, -0.2) is 26.2 Å². The normalized spacial score (nSPS) is 22.8. The van der Waals surface area contributed by atoms with Gasteiger partial charge in [-0.25, -0.2) is 0 Å². The van der Waals surface area contributed by atoms with Gasteiger partial charge in [-0.05, 0) is 50.8 Å². The number of anilines is 1. The zero-order valence-corrected chi connectivity index (χ0v) is 13.6. The maximum absolute atomic E-state index is 3.69. The van der Waals surface area contributed by atoms with Crippen LogP contribution in [0.4, 0.5) is 5.69 Å². The molecule has 1 saturated carbocycles. The second kappa shape index (κ2) is 7.12. The standard InChI is InChI=1S/C18H30N2/c1-5-19-17-9-7-6-8-16(17)13-20(4)18-11-10-14(2)12-15(18)3/h10-12,16-17,19H,5-9,13H2,1-4H3. The molecule has 112 valence electrons. The monoisotopic (exact) mass is 274 g/mol. The molecule has 0 saturated heterocycles. The van der Waals surface area contributed by atoms with Crippen LogP contribution in [0.3, 0.4) is 0 Å². The molecule has 0 amide bonds. The Morgan fingerprint density at radius 1 is 1.20 bits per heavy atom. The van der Waals surface area contributed by atoms with Crippen molar-refractivity contribution in [3.63, 3.8) is 0 Å². The highest BCUT2D eigenvalue weighted by atomic mass is 15.1. The van der Waals surface area contributed by atoms with Crippen molar-refractivity contribution in [2.45, 2.75) is 52.5 Å². The van der Waals surface area contributed by atoms with Crippen LogP contribution < -0.4 is 10.2 Å². The van der Waals surface area contributed by atoms with Gasteiger partial charge < -0.3 is 10.2 Å². The van der Waals surface area contributed by atoms with E-state index in [2.05, 4.69) is 56.2 Å². The van der Waals surface area contributed by atoms with E-state index in [9.17, 15) is 0 Å². The molecule has 0 bridgehead atoms. The second-order valence-corrected chi connectivity index (χ2v) is 6.38. The number of nitrogens with one attached hydrogen (secondary N) is 1. The SMILES string of the molecule is CCNC1CCCCC1CN(C)c1ccc(C)cc1C. The third-order valence-electron chi connectivity index (χ3n) is 4.65. The minimum atomic E-state index is 0.710. The first-order valence-electron chi connectivity index (χ1n) is 8.13. The van der Waals surface area contributed by atoms with E-state index < -0.39 is 0 Å². The van der Waals surface area contributed by atoms with Crippen LogP contribution in [0, 0.1) is 19.8 Å². The zero-order chi connectivity index (χ0) is 14.5. The van der Waals surface area contributed by atoms with Crippen LogP contribution in [0.2, 0.25) is 0 Å². The van der Waals surface area contributed by atoms with Crippen molar-refractivity contribution in [3.8, 4) is 0 Å². The van der Waals surface area contributed by atoms with Crippen LogP contribution in [0.15, 0.2) is 18.2 Å². The number of nitrogens with zero attached hydrogens (tertiary/aromatic N) is 1. The van der Waals surface area contributed by atoms with Crippen LogP contribution in [-0.2, 0) is 0 Å². The van der Waals surface area contributed by atoms with E-state index in [0.29, 0.717) is 6.04 Å². The predicted molar refractivity (Wildman–Crippen MR) is 88.6 cm³/mol. The minimum absolute atomic E-state index is 0.710. The molecule has 2 heteroatoms. The van der Waals surface area contributed by atoms with Gasteiger partial charge in [-0.3, -0.25) is 0 Å². The van der Waals surface area contributed by atoms with Crippen molar-refractivity contribution in [1.29, 1.82) is 0 Å². The van der Waals surface area contributed by atoms with Crippen molar-refractivity contribution in [2.75, 3.05) is 25.0 Å². The zero-order valence-electron chi connectivity index (χ0n) is 13.6. The Hall–Kier alpha value is -1.02. The first-order chi connectivity index (χ1) is 9.61. The molecule has 0 heterocycles. The van der Waals surface area contributed by atoms with Gasteiger partial charge in [0, 0.05) is 25.3 Å². The van der Waals surface area contributed by atoms with Gasteiger partial charge in [-0.15, -0.1) is 0 Å². The van der Waals surface area contributed by atoms with Crippen molar-refractivity contribution in [2.24, 2.45) is 5.92 Å². The summed E-state index contributed by atoms with van der Waals surface area (Å²) in [6, 6.07) is 7.49. The lowest BCUT2D eigenvalue weighted by atomic mass is 9.84. The van der Waals surface area contributed by atoms with E-state index in [1.54, 1.807) is 0 Å². The third-order valence-corrected chi connectivity index (χ3v) is 4.65. The molecular formula is C18H30N2. The van der Waals surface area contributed by atoms with Gasteiger partial charge in [0.25, 0.3) is 0 Å². The predicted octanol–water partition coefficient (Wildman–Crippen LogP) is 3.91. The van der Waals surface area contributed by atoms with Gasteiger partial charge >= 0.3 is 0 Å². The van der Waals surface area contributed by atoms with E-state index in [4.69, 9.17) is 0 Å². The molecule has 2 nitrogen and oxygen atoms in total. The van der Waals surface area contributed by atoms with E-state index in [-0.39, 0.29) is 0 Å². The summed E-state index contributed by atoms with van der Waals surface area (Å²) in [5, 5.41) is 3.69. The van der Waals surface area contributed by atoms with Crippen molar-refractivity contribution in [3.05, 3.63) is 29.3 Å². The summed E-state index contributed by atoms with van der Waals surface area (Å²) >= 11 is 0. The molecule has 2 rings (SSSR count). The number of hydrogen-bond donors (Lipinski definition) is 1. The van der Waals surface area contributed by atoms with Gasteiger partial charge in [0.05, 0.1) is 0 Å². The Balaban J connectivity index is 2.03. The molecule has 0 radical (unpaired) electrons. The summed E-state index contributed by atoms with van der Waals surface area (Å²) in [5.74, 6) is 0.786. The summed E-state index contributed by atoms with van der Waals surface area (Å²) in [6.07, 6.45) is 5.50. The quantitative estimate of drug-likeness (QED) is 0.876. The van der Waals surface area contributed by atoms with E-state index >= 15 is 0 Å². The van der Waals surface area contributed by atoms with Crippen LogP contribution in [0.1, 0.15) is 43.7 Å². The van der Waals surface area contributed by atoms with Gasteiger partial charge in [-0.1, -0.05) is 37.5 Å². The molecule has 1 N–H and O–H groups in total. The first-order valence-corrected chi connectivity index (χ1v) is 8.13. The van der Waals surface area contributed by atoms with E-state index in [1.807, 2.05) is 0 Å². The molecule has 1 aliphatic rings. The summed E-state index contributed by atoms with van der Waals surface area (Å²) in [6.45, 7) is 8.87. The molecule has 1 aliphatic carbocycles. The molecule has 1 aromatic carbocycles. The van der Waals surface area contributed by atoms with Crippen molar-refractivity contribution in [1.82, 2.24) is 5.32 Å². The highest BCUT2D eigenvalue weighted by Gasteiger charge is 2.25. The summed E-state index contributed by atoms with van der Waals surface area (Å²) in [4.78, 5) is 2.45. The largest absolute Gasteiger partial charge is 0.374 e. The maximum atomic E-state index is 3.69. The van der Waals surface area contributed by atoms with Gasteiger partial charge in [0.2, 0.25) is 0 Å². The van der Waals surface area contributed by atoms with Gasteiger partial charge in [-0.2, -0.15) is 0 Å². The topological polar surface area (TPSA) is 15.3 Å². The first kappa shape index (κ1) is 15.4. The molecule has 2 atom stereocenters. The lowest BCUT2D eigenvalue weighted by molar-refractivity contribution is 0.269. The Kier molecular flexibility index (Phi) is 5.47. The van der Waals surface area contributed by atoms with Gasteiger partial charge in [0.1, 0.15) is 0 Å². The van der Waals surface area contributed by atoms with Gasteiger partial charge in [0.15, 0.2) is 0 Å². The fourth-order valence-electron chi connectivity index (χ4n) is 3.64. The molecule has 0 aliphatic heterocycles. The number of benzene rings is 1. The maximum Gasteiger partial charge on any atom is 0.0393 e. The second-order valence-electron chi connectivity index (χ2n) is 6.38. The molecule has 2 unspecified atom stereocenters. The Morgan fingerprint density at radius 3 is 2.65 bits per heavy atom. The highest BCUT2D eigenvalue weighted by Crippen LogP contribution is 2.28. The van der Waals surface area contributed by atoms with E-state index in [1.165, 1.54) is 49.0 Å². The molecule has 1 aromatic rings. The average Bonchev–Trinajstić information content (AvgIpc) is 2.41. The molecular weight excluding hydrogens is 244 g/mol. The lowest BCUT2D eigenvalue weighted by Crippen LogP contribution is -2.43. The minimum Gasteiger partial charge on any atom is -0.374 e. The summed E-state index contributed by atoms with van der Waals surface area (Å²) in [5.41, 5.74) is 4.13. The average molecular weight is 274 g/mol. The molecule has 1 fully saturated rings. The fraction of sp³-hybridized carbons (Fsp3) is 0.667. The van der Waals surface area contributed by atoms with Crippen LogP contribution >= 0.6 is 0 Å². The Labute approximate surface area is 124 Å². The summed E-state index contributed by atoms with van der Waals surface area (Å²) in [7, 11) is 2.25. The molecule has 0 spiro atoms. The van der Waals surface area contributed by atoms with Crippen LogP contribution in [0.5, 0.6) is 0 Å². The van der Waals surface area contributed by atoms with Crippen molar-refractivity contribution >= 4 is 5.69 Å². The number of aryl methyl sites for hydroxylation is 2. The van der Waals surface area contributed by atoms with Crippen LogP contribution in [0.25, 0.3) is 0 Å². The molecule has 0 aromatic heterocycles.